The Hall–Kier alpha value is -1.29. The lowest BCUT2D eigenvalue weighted by Gasteiger charge is -2.36. The van der Waals surface area contributed by atoms with Crippen LogP contribution in [0.1, 0.15) is 46.5 Å². The SMILES string of the molecule is CCOC(=O)C(CCCSC1NC=CCN1)(OCC1CCN(C(C)C)CC1)C(=O)O. The molecule has 0 aliphatic carbocycles. The van der Waals surface area contributed by atoms with Crippen LogP contribution < -0.4 is 10.6 Å². The first kappa shape index (κ1) is 25.0. The monoisotopic (exact) mass is 443 g/mol. The third-order valence-electron chi connectivity index (χ3n) is 5.64. The molecule has 2 atom stereocenters. The maximum Gasteiger partial charge on any atom is 0.350 e. The van der Waals surface area contributed by atoms with Crippen LogP contribution >= 0.6 is 11.8 Å². The number of hydrogen-bond acceptors (Lipinski definition) is 8. The molecule has 1 saturated heterocycles. The fourth-order valence-corrected chi connectivity index (χ4v) is 4.65. The van der Waals surface area contributed by atoms with Crippen molar-refractivity contribution in [3.63, 3.8) is 0 Å². The van der Waals surface area contributed by atoms with Crippen molar-refractivity contribution >= 4 is 23.7 Å². The second-order valence-electron chi connectivity index (χ2n) is 8.07. The molecule has 2 rings (SSSR count). The Balaban J connectivity index is 1.92. The highest BCUT2D eigenvalue weighted by molar-refractivity contribution is 7.99. The van der Waals surface area contributed by atoms with Gasteiger partial charge in [-0.05, 0) is 77.4 Å². The first-order valence-electron chi connectivity index (χ1n) is 10.9. The number of piperidine rings is 1. The summed E-state index contributed by atoms with van der Waals surface area (Å²) in [5.74, 6) is -1.10. The lowest BCUT2D eigenvalue weighted by atomic mass is 9.94. The number of thioether (sulfide) groups is 1. The molecule has 2 aliphatic rings. The van der Waals surface area contributed by atoms with Crippen LogP contribution in [0.3, 0.4) is 0 Å². The van der Waals surface area contributed by atoms with Crippen LogP contribution in [-0.4, -0.2) is 77.7 Å². The largest absolute Gasteiger partial charge is 0.479 e. The number of ether oxygens (including phenoxy) is 2. The predicted molar refractivity (Wildman–Crippen MR) is 118 cm³/mol. The van der Waals surface area contributed by atoms with E-state index in [0.29, 0.717) is 18.2 Å². The standard InChI is InChI=1S/C21H37N3O5S/c1-4-28-19(27)21(18(25)26,9-5-14-30-20-22-10-6-11-23-20)29-15-17-7-12-24(13-8-17)16(2)3/h6,10,16-17,20,22-23H,4-5,7-9,11-15H2,1-3H3,(H,25,26). The number of aliphatic carboxylic acids is 1. The molecule has 3 N–H and O–H groups in total. The maximum atomic E-state index is 12.6. The molecule has 2 aliphatic heterocycles. The lowest BCUT2D eigenvalue weighted by Crippen LogP contribution is -2.51. The van der Waals surface area contributed by atoms with Crippen LogP contribution in [0.25, 0.3) is 0 Å². The fraction of sp³-hybridized carbons (Fsp3) is 0.810. The number of nitrogens with zero attached hydrogens (tertiary/aromatic N) is 1. The number of rotatable bonds is 12. The zero-order valence-electron chi connectivity index (χ0n) is 18.4. The molecule has 172 valence electrons. The number of hydrogen-bond donors (Lipinski definition) is 3. The molecule has 0 radical (unpaired) electrons. The summed E-state index contributed by atoms with van der Waals surface area (Å²) >= 11 is 1.64. The number of likely N-dealkylation sites (tertiary alicyclic amines) is 1. The van der Waals surface area contributed by atoms with E-state index >= 15 is 0 Å². The summed E-state index contributed by atoms with van der Waals surface area (Å²) in [5, 5.41) is 16.4. The number of carbonyl (C=O) groups is 2. The zero-order valence-corrected chi connectivity index (χ0v) is 19.2. The first-order chi connectivity index (χ1) is 14.4. The smallest absolute Gasteiger partial charge is 0.350 e. The highest BCUT2D eigenvalue weighted by Crippen LogP contribution is 2.27. The van der Waals surface area contributed by atoms with Gasteiger partial charge in [0.05, 0.1) is 13.2 Å². The molecule has 9 heteroatoms. The molecular formula is C21H37N3O5S. The molecule has 0 amide bonds. The minimum absolute atomic E-state index is 0.0869. The van der Waals surface area contributed by atoms with Crippen molar-refractivity contribution in [1.29, 1.82) is 0 Å². The van der Waals surface area contributed by atoms with Gasteiger partial charge < -0.3 is 24.8 Å². The van der Waals surface area contributed by atoms with Gasteiger partial charge in [0.1, 0.15) is 5.50 Å². The Morgan fingerprint density at radius 3 is 2.63 bits per heavy atom. The Bertz CT molecular complexity index is 581. The van der Waals surface area contributed by atoms with Crippen molar-refractivity contribution in [2.24, 2.45) is 5.92 Å². The van der Waals surface area contributed by atoms with E-state index in [-0.39, 0.29) is 31.1 Å². The van der Waals surface area contributed by atoms with E-state index in [2.05, 4.69) is 29.4 Å². The van der Waals surface area contributed by atoms with Crippen molar-refractivity contribution in [3.8, 4) is 0 Å². The van der Waals surface area contributed by atoms with Crippen LogP contribution in [0.15, 0.2) is 12.3 Å². The summed E-state index contributed by atoms with van der Waals surface area (Å²) < 4.78 is 11.0. The molecule has 8 nitrogen and oxygen atoms in total. The van der Waals surface area contributed by atoms with Crippen molar-refractivity contribution < 1.29 is 24.2 Å². The topological polar surface area (TPSA) is 100 Å². The van der Waals surface area contributed by atoms with Gasteiger partial charge in [-0.25, -0.2) is 9.59 Å². The molecule has 0 aromatic carbocycles. The van der Waals surface area contributed by atoms with Gasteiger partial charge in [0.15, 0.2) is 0 Å². The van der Waals surface area contributed by atoms with Crippen LogP contribution in [0, 0.1) is 5.92 Å². The van der Waals surface area contributed by atoms with Gasteiger partial charge in [-0.2, -0.15) is 0 Å². The predicted octanol–water partition coefficient (Wildman–Crippen LogP) is 2.01. The maximum absolute atomic E-state index is 12.6. The summed E-state index contributed by atoms with van der Waals surface area (Å²) in [5.41, 5.74) is -1.84. The third-order valence-corrected chi connectivity index (χ3v) is 6.80. The number of nitrogens with one attached hydrogen (secondary N) is 2. The second kappa shape index (κ2) is 12.5. The molecule has 0 spiro atoms. The van der Waals surface area contributed by atoms with E-state index in [1.54, 1.807) is 18.7 Å². The van der Waals surface area contributed by atoms with Gasteiger partial charge in [0.25, 0.3) is 5.60 Å². The molecule has 30 heavy (non-hydrogen) atoms. The Kier molecular flexibility index (Phi) is 10.4. The number of esters is 1. The van der Waals surface area contributed by atoms with Gasteiger partial charge in [-0.15, -0.1) is 11.8 Å². The second-order valence-corrected chi connectivity index (χ2v) is 9.28. The Morgan fingerprint density at radius 2 is 2.07 bits per heavy atom. The van der Waals surface area contributed by atoms with Crippen molar-refractivity contribution in [1.82, 2.24) is 15.5 Å². The molecule has 0 bridgehead atoms. The average molecular weight is 444 g/mol. The quantitative estimate of drug-likeness (QED) is 0.238. The third kappa shape index (κ3) is 7.14. The van der Waals surface area contributed by atoms with Gasteiger partial charge in [0.2, 0.25) is 0 Å². The molecule has 0 aromatic rings. The molecule has 1 fully saturated rings. The first-order valence-corrected chi connectivity index (χ1v) is 12.0. The average Bonchev–Trinajstić information content (AvgIpc) is 2.74. The van der Waals surface area contributed by atoms with Crippen molar-refractivity contribution in [2.75, 3.05) is 38.6 Å². The van der Waals surface area contributed by atoms with Gasteiger partial charge in [-0.3, -0.25) is 5.32 Å². The highest BCUT2D eigenvalue weighted by atomic mass is 32.2. The normalized spacial score (nSPS) is 22.5. The van der Waals surface area contributed by atoms with Crippen LogP contribution in [0.5, 0.6) is 0 Å². The number of carbonyl (C=O) groups excluding carboxylic acids is 1. The van der Waals surface area contributed by atoms with Crippen LogP contribution in [0.2, 0.25) is 0 Å². The molecule has 0 saturated carbocycles. The van der Waals surface area contributed by atoms with E-state index in [0.717, 1.165) is 32.5 Å². The highest BCUT2D eigenvalue weighted by Gasteiger charge is 2.49. The van der Waals surface area contributed by atoms with Crippen LogP contribution in [-0.2, 0) is 19.1 Å². The van der Waals surface area contributed by atoms with E-state index in [1.807, 2.05) is 12.3 Å². The summed E-state index contributed by atoms with van der Waals surface area (Å²) in [6.45, 7) is 9.16. The molecule has 2 heterocycles. The van der Waals surface area contributed by atoms with Crippen molar-refractivity contribution in [3.05, 3.63) is 12.3 Å². The summed E-state index contributed by atoms with van der Waals surface area (Å²) in [4.78, 5) is 27.2. The number of carboxylic acid groups (broad SMARTS) is 1. The van der Waals surface area contributed by atoms with E-state index in [9.17, 15) is 14.7 Å². The van der Waals surface area contributed by atoms with Crippen molar-refractivity contribution in [2.45, 2.75) is 63.6 Å². The van der Waals surface area contributed by atoms with Crippen LogP contribution in [0.4, 0.5) is 0 Å². The van der Waals surface area contributed by atoms with E-state index in [1.165, 1.54) is 0 Å². The Morgan fingerprint density at radius 1 is 1.33 bits per heavy atom. The molecule has 0 aromatic heterocycles. The minimum atomic E-state index is -1.93. The lowest BCUT2D eigenvalue weighted by molar-refractivity contribution is -0.190. The summed E-state index contributed by atoms with van der Waals surface area (Å²) in [7, 11) is 0. The molecular weight excluding hydrogens is 406 g/mol. The molecule has 2 unspecified atom stereocenters. The van der Waals surface area contributed by atoms with E-state index < -0.39 is 17.5 Å². The van der Waals surface area contributed by atoms with Gasteiger partial charge >= 0.3 is 11.9 Å². The van der Waals surface area contributed by atoms with E-state index in [4.69, 9.17) is 9.47 Å². The number of carboxylic acids is 1. The van der Waals surface area contributed by atoms with Gasteiger partial charge in [0, 0.05) is 12.6 Å². The summed E-state index contributed by atoms with van der Waals surface area (Å²) in [6.07, 6.45) is 6.42. The fourth-order valence-electron chi connectivity index (χ4n) is 3.71. The zero-order chi connectivity index (χ0) is 22.0. The minimum Gasteiger partial charge on any atom is -0.479 e. The van der Waals surface area contributed by atoms with Gasteiger partial charge in [-0.1, -0.05) is 6.08 Å². The Labute approximate surface area is 184 Å². The summed E-state index contributed by atoms with van der Waals surface area (Å²) in [6, 6.07) is 0.505.